The predicted octanol–water partition coefficient (Wildman–Crippen LogP) is 1.71. The summed E-state index contributed by atoms with van der Waals surface area (Å²) in [5, 5.41) is 13.3. The maximum Gasteiger partial charge on any atom is 0.573 e. The Morgan fingerprint density at radius 3 is 2.39 bits per heavy atom. The molecule has 146 valence electrons. The second kappa shape index (κ2) is 6.47. The monoisotopic (exact) mass is 510 g/mol. The molecule has 3 N–H and O–H groups in total. The highest BCUT2D eigenvalue weighted by molar-refractivity contribution is 14.1. The minimum Gasteiger partial charge on any atom is -0.403 e. The zero-order valence-electron chi connectivity index (χ0n) is 13.2. The molecular formula is C14H6F3IN4O6. The number of carbonyl (C=O) groups excluding carboxylic acids is 2. The number of amides is 2. The van der Waals surface area contributed by atoms with Crippen molar-refractivity contribution in [2.45, 2.75) is 6.36 Å². The molecule has 28 heavy (non-hydrogen) atoms. The molecule has 2 aromatic rings. The number of fused-ring (bicyclic) bond motifs is 1. The van der Waals surface area contributed by atoms with Crippen LogP contribution in [0.2, 0.25) is 0 Å². The smallest absolute Gasteiger partial charge is 0.403 e. The number of hydrogen-bond donors (Lipinski definition) is 2. The van der Waals surface area contributed by atoms with Crippen molar-refractivity contribution in [3.8, 4) is 11.4 Å². The molecule has 0 bridgehead atoms. The van der Waals surface area contributed by atoms with Crippen molar-refractivity contribution in [1.82, 2.24) is 9.88 Å². The summed E-state index contributed by atoms with van der Waals surface area (Å²) in [7, 11) is 0. The zero-order chi connectivity index (χ0) is 21.0. The number of nitro groups is 1. The summed E-state index contributed by atoms with van der Waals surface area (Å²) in [5.41, 5.74) is 1.84. The van der Waals surface area contributed by atoms with Gasteiger partial charge < -0.3 is 10.5 Å². The lowest BCUT2D eigenvalue weighted by Gasteiger charge is -2.17. The first kappa shape index (κ1) is 19.6. The summed E-state index contributed by atoms with van der Waals surface area (Å²) in [6.07, 6.45) is -5.24. The summed E-state index contributed by atoms with van der Waals surface area (Å²) >= 11 is 1.53. The van der Waals surface area contributed by atoms with Crippen LogP contribution in [0.1, 0.15) is 20.7 Å². The molecule has 0 aliphatic carbocycles. The van der Waals surface area contributed by atoms with Gasteiger partial charge in [0.05, 0.1) is 16.1 Å². The number of nitro benzene ring substituents is 1. The molecule has 0 spiro atoms. The van der Waals surface area contributed by atoms with Crippen LogP contribution in [0.25, 0.3) is 5.69 Å². The number of nitrogens with two attached hydrogens (primary N) is 1. The number of rotatable bonds is 3. The minimum absolute atomic E-state index is 0.00741. The van der Waals surface area contributed by atoms with E-state index in [0.717, 1.165) is 12.1 Å². The standard InChI is InChI=1S/C14H6F3IN4O6/c15-14(16,17)28-7-2-4(18)1-6(22(26)27)10(7)21-8(23)3-5-9(11(21)19)13(25)20-12(5)24/h1-3H,19H2,(H,20,24,25). The zero-order valence-corrected chi connectivity index (χ0v) is 15.3. The number of anilines is 1. The molecule has 0 radical (unpaired) electrons. The first-order valence-electron chi connectivity index (χ1n) is 7.06. The van der Waals surface area contributed by atoms with Crippen LogP contribution in [0, 0.1) is 13.7 Å². The molecule has 0 saturated carbocycles. The Bertz CT molecular complexity index is 1130. The second-order valence-corrected chi connectivity index (χ2v) is 6.60. The SMILES string of the molecule is Nc1c2c(cc(=O)n1-c1c(OC(F)(F)F)cc(I)cc1[N+](=O)[O-])C(=O)NC2=O. The van der Waals surface area contributed by atoms with Gasteiger partial charge >= 0.3 is 6.36 Å². The average Bonchev–Trinajstić information content (AvgIpc) is 2.81. The van der Waals surface area contributed by atoms with E-state index in [1.165, 1.54) is 22.6 Å². The van der Waals surface area contributed by atoms with Crippen LogP contribution in [0.3, 0.4) is 0 Å². The fraction of sp³-hybridized carbons (Fsp3) is 0.0714. The number of carbonyl (C=O) groups is 2. The number of nitrogens with zero attached hydrogens (tertiary/aromatic N) is 2. The molecule has 0 unspecified atom stereocenters. The molecule has 0 atom stereocenters. The Morgan fingerprint density at radius 2 is 1.82 bits per heavy atom. The van der Waals surface area contributed by atoms with Crippen molar-refractivity contribution in [2.75, 3.05) is 5.73 Å². The number of hydrogen-bond acceptors (Lipinski definition) is 7. The van der Waals surface area contributed by atoms with Crippen LogP contribution in [0.4, 0.5) is 24.7 Å². The van der Waals surface area contributed by atoms with E-state index in [1.807, 2.05) is 5.32 Å². The fourth-order valence-corrected chi connectivity index (χ4v) is 3.21. The molecule has 3 rings (SSSR count). The van der Waals surface area contributed by atoms with E-state index in [0.29, 0.717) is 10.6 Å². The molecule has 2 heterocycles. The lowest BCUT2D eigenvalue weighted by Crippen LogP contribution is -2.27. The van der Waals surface area contributed by atoms with Crippen molar-refractivity contribution >= 4 is 45.9 Å². The molecule has 1 aliphatic heterocycles. The molecule has 1 aromatic heterocycles. The summed E-state index contributed by atoms with van der Waals surface area (Å²) in [5.74, 6) is -3.76. The topological polar surface area (TPSA) is 147 Å². The van der Waals surface area contributed by atoms with Gasteiger partial charge in [-0.05, 0) is 28.7 Å². The first-order valence-corrected chi connectivity index (χ1v) is 8.14. The number of halogens is 4. The predicted molar refractivity (Wildman–Crippen MR) is 94.3 cm³/mol. The number of imide groups is 1. The summed E-state index contributed by atoms with van der Waals surface area (Å²) in [4.78, 5) is 46.4. The van der Waals surface area contributed by atoms with E-state index in [-0.39, 0.29) is 3.57 Å². The van der Waals surface area contributed by atoms with Crippen LogP contribution in [-0.2, 0) is 0 Å². The number of pyridine rings is 1. The van der Waals surface area contributed by atoms with Crippen LogP contribution >= 0.6 is 22.6 Å². The van der Waals surface area contributed by atoms with Gasteiger partial charge in [-0.15, -0.1) is 13.2 Å². The molecule has 14 heteroatoms. The van der Waals surface area contributed by atoms with Crippen LogP contribution in [-0.4, -0.2) is 27.7 Å². The molecule has 1 aliphatic rings. The number of nitrogens with one attached hydrogen (secondary N) is 1. The van der Waals surface area contributed by atoms with Gasteiger partial charge in [-0.1, -0.05) is 0 Å². The van der Waals surface area contributed by atoms with Gasteiger partial charge in [-0.3, -0.25) is 34.4 Å². The van der Waals surface area contributed by atoms with Crippen molar-refractivity contribution < 1.29 is 32.4 Å². The Kier molecular flexibility index (Phi) is 4.52. The van der Waals surface area contributed by atoms with E-state index in [1.54, 1.807) is 0 Å². The summed E-state index contributed by atoms with van der Waals surface area (Å²) in [6.45, 7) is 0. The number of benzene rings is 1. The largest absolute Gasteiger partial charge is 0.573 e. The van der Waals surface area contributed by atoms with Crippen LogP contribution in [0.15, 0.2) is 23.0 Å². The minimum atomic E-state index is -5.24. The Morgan fingerprint density at radius 1 is 1.18 bits per heavy atom. The average molecular weight is 510 g/mol. The second-order valence-electron chi connectivity index (χ2n) is 5.35. The third-order valence-electron chi connectivity index (χ3n) is 3.62. The van der Waals surface area contributed by atoms with Crippen molar-refractivity contribution in [3.63, 3.8) is 0 Å². The van der Waals surface area contributed by atoms with Gasteiger partial charge in [0.15, 0.2) is 11.4 Å². The molecular weight excluding hydrogens is 504 g/mol. The van der Waals surface area contributed by atoms with Crippen LogP contribution in [0.5, 0.6) is 5.75 Å². The highest BCUT2D eigenvalue weighted by Crippen LogP contribution is 2.38. The van der Waals surface area contributed by atoms with E-state index in [4.69, 9.17) is 5.73 Å². The van der Waals surface area contributed by atoms with Gasteiger partial charge in [0.2, 0.25) is 0 Å². The van der Waals surface area contributed by atoms with E-state index in [2.05, 4.69) is 4.74 Å². The van der Waals surface area contributed by atoms with Crippen molar-refractivity contribution in [2.24, 2.45) is 0 Å². The summed E-state index contributed by atoms with van der Waals surface area (Å²) < 4.78 is 42.6. The lowest BCUT2D eigenvalue weighted by molar-refractivity contribution is -0.384. The molecule has 2 amide bonds. The maximum atomic E-state index is 12.8. The van der Waals surface area contributed by atoms with Gasteiger partial charge in [0.1, 0.15) is 5.82 Å². The highest BCUT2D eigenvalue weighted by atomic mass is 127. The fourth-order valence-electron chi connectivity index (χ4n) is 2.64. The van der Waals surface area contributed by atoms with Crippen molar-refractivity contribution in [1.29, 1.82) is 0 Å². The normalized spacial score (nSPS) is 13.3. The van der Waals surface area contributed by atoms with Gasteiger partial charge in [0, 0.05) is 15.7 Å². The summed E-state index contributed by atoms with van der Waals surface area (Å²) in [6, 6.07) is 2.34. The quantitative estimate of drug-likeness (QED) is 0.277. The maximum absolute atomic E-state index is 12.8. The number of nitrogen functional groups attached to an aromatic ring is 1. The highest BCUT2D eigenvalue weighted by Gasteiger charge is 2.37. The number of alkyl halides is 3. The molecule has 10 nitrogen and oxygen atoms in total. The molecule has 0 fully saturated rings. The Balaban J connectivity index is 2.44. The lowest BCUT2D eigenvalue weighted by atomic mass is 10.1. The van der Waals surface area contributed by atoms with E-state index < -0.39 is 62.7 Å². The Hall–Kier alpha value is -3.17. The Labute approximate surface area is 165 Å². The van der Waals surface area contributed by atoms with Gasteiger partial charge in [-0.2, -0.15) is 0 Å². The number of aromatic nitrogens is 1. The third-order valence-corrected chi connectivity index (χ3v) is 4.24. The third kappa shape index (κ3) is 3.25. The first-order chi connectivity index (χ1) is 12.9. The molecule has 0 saturated heterocycles. The van der Waals surface area contributed by atoms with E-state index in [9.17, 15) is 37.7 Å². The van der Waals surface area contributed by atoms with Gasteiger partial charge in [0.25, 0.3) is 23.1 Å². The number of ether oxygens (including phenoxy) is 1. The molecule has 1 aromatic carbocycles. The van der Waals surface area contributed by atoms with Gasteiger partial charge in [-0.25, -0.2) is 0 Å². The van der Waals surface area contributed by atoms with Crippen molar-refractivity contribution in [3.05, 3.63) is 53.4 Å². The van der Waals surface area contributed by atoms with Crippen LogP contribution < -0.4 is 21.3 Å². The van der Waals surface area contributed by atoms with E-state index >= 15 is 0 Å².